The lowest BCUT2D eigenvalue weighted by molar-refractivity contribution is 0.108. The fraction of sp³-hybridized carbons (Fsp3) is 0. The monoisotopic (exact) mass is 214 g/mol. The van der Waals surface area contributed by atoms with Gasteiger partial charge in [0.2, 0.25) is 0 Å². The minimum atomic E-state index is -0.574. The molecule has 0 aliphatic carbocycles. The van der Waals surface area contributed by atoms with Crippen LogP contribution in [0.2, 0.25) is 5.02 Å². The second-order valence-corrected chi connectivity index (χ2v) is 3.28. The molecular weight excluding hydrogens is 211 g/mol. The lowest BCUT2D eigenvalue weighted by atomic mass is 10.2. The molecule has 13 heavy (non-hydrogen) atoms. The van der Waals surface area contributed by atoms with Gasteiger partial charge in [-0.3, -0.25) is 4.79 Å². The second-order valence-electron chi connectivity index (χ2n) is 2.53. The van der Waals surface area contributed by atoms with Crippen molar-refractivity contribution in [3.05, 3.63) is 29.0 Å². The molecule has 0 saturated heterocycles. The summed E-state index contributed by atoms with van der Waals surface area (Å²) < 4.78 is 0. The van der Waals surface area contributed by atoms with E-state index in [1.54, 1.807) is 12.1 Å². The number of rotatable bonds is 1. The number of hydrogen-bond donors (Lipinski definition) is 1. The van der Waals surface area contributed by atoms with Crippen LogP contribution in [0.1, 0.15) is 10.4 Å². The van der Waals surface area contributed by atoms with Gasteiger partial charge in [-0.15, -0.1) is 0 Å². The molecular formula is C8H4Cl2N2O. The van der Waals surface area contributed by atoms with Gasteiger partial charge in [0.05, 0.1) is 27.9 Å². The van der Waals surface area contributed by atoms with Crippen molar-refractivity contribution in [2.75, 3.05) is 0 Å². The Kier molecular flexibility index (Phi) is 1.98. The lowest BCUT2D eigenvalue weighted by Crippen LogP contribution is -1.89. The van der Waals surface area contributed by atoms with Gasteiger partial charge >= 0.3 is 0 Å². The van der Waals surface area contributed by atoms with Gasteiger partial charge in [0.1, 0.15) is 0 Å². The third-order valence-corrected chi connectivity index (χ3v) is 2.24. The molecule has 3 nitrogen and oxygen atoms in total. The van der Waals surface area contributed by atoms with E-state index in [0.717, 1.165) is 5.52 Å². The van der Waals surface area contributed by atoms with E-state index in [4.69, 9.17) is 23.2 Å². The van der Waals surface area contributed by atoms with Crippen LogP contribution in [0.25, 0.3) is 11.0 Å². The van der Waals surface area contributed by atoms with Gasteiger partial charge in [-0.25, -0.2) is 4.98 Å². The molecule has 0 fully saturated rings. The molecule has 2 aromatic rings. The highest BCUT2D eigenvalue weighted by molar-refractivity contribution is 6.68. The van der Waals surface area contributed by atoms with Crippen LogP contribution in [0.4, 0.5) is 0 Å². The third kappa shape index (κ3) is 1.41. The Morgan fingerprint density at radius 3 is 2.92 bits per heavy atom. The first kappa shape index (κ1) is 8.53. The number of H-pyrrole nitrogens is 1. The van der Waals surface area contributed by atoms with E-state index in [1.807, 2.05) is 0 Å². The lowest BCUT2D eigenvalue weighted by Gasteiger charge is -1.97. The van der Waals surface area contributed by atoms with Crippen LogP contribution in [0.3, 0.4) is 0 Å². The van der Waals surface area contributed by atoms with Crippen LogP contribution < -0.4 is 0 Å². The van der Waals surface area contributed by atoms with E-state index in [-0.39, 0.29) is 5.56 Å². The molecule has 0 aliphatic heterocycles. The minimum absolute atomic E-state index is 0.280. The van der Waals surface area contributed by atoms with Gasteiger partial charge in [-0.2, -0.15) is 0 Å². The van der Waals surface area contributed by atoms with E-state index in [1.165, 1.54) is 6.33 Å². The van der Waals surface area contributed by atoms with Crippen molar-refractivity contribution in [1.82, 2.24) is 9.97 Å². The highest BCUT2D eigenvalue weighted by Crippen LogP contribution is 2.22. The standard InChI is InChI=1S/C8H4Cl2N2O/c9-5-2-7-6(11-3-12-7)1-4(5)8(10)13/h1-3H,(H,11,12). The van der Waals surface area contributed by atoms with Crippen LogP contribution in [-0.4, -0.2) is 15.2 Å². The SMILES string of the molecule is O=C(Cl)c1cc2nc[nH]c2cc1Cl. The number of hydrogen-bond acceptors (Lipinski definition) is 2. The Morgan fingerprint density at radius 2 is 2.23 bits per heavy atom. The summed E-state index contributed by atoms with van der Waals surface area (Å²) in [5, 5.41) is -0.244. The van der Waals surface area contributed by atoms with Gasteiger partial charge in [-0.05, 0) is 23.7 Å². The Bertz CT molecular complexity index is 478. The number of carbonyl (C=O) groups is 1. The largest absolute Gasteiger partial charge is 0.345 e. The molecule has 1 aromatic heterocycles. The van der Waals surface area contributed by atoms with E-state index in [2.05, 4.69) is 9.97 Å². The third-order valence-electron chi connectivity index (χ3n) is 1.72. The van der Waals surface area contributed by atoms with Crippen LogP contribution in [0, 0.1) is 0 Å². The van der Waals surface area contributed by atoms with Crippen molar-refractivity contribution >= 4 is 39.5 Å². The van der Waals surface area contributed by atoms with Gasteiger partial charge in [0.15, 0.2) is 0 Å². The highest BCUT2D eigenvalue weighted by Gasteiger charge is 2.09. The Labute approximate surface area is 83.7 Å². The number of aromatic amines is 1. The molecule has 66 valence electrons. The number of carbonyl (C=O) groups excluding carboxylic acids is 1. The van der Waals surface area contributed by atoms with Gasteiger partial charge in [0, 0.05) is 0 Å². The number of aromatic nitrogens is 2. The van der Waals surface area contributed by atoms with Gasteiger partial charge < -0.3 is 4.98 Å². The summed E-state index contributed by atoms with van der Waals surface area (Å²) in [6.45, 7) is 0. The first-order chi connectivity index (χ1) is 6.18. The predicted octanol–water partition coefficient (Wildman–Crippen LogP) is 2.60. The molecule has 2 rings (SSSR count). The maximum Gasteiger partial charge on any atom is 0.253 e. The first-order valence-electron chi connectivity index (χ1n) is 3.51. The summed E-state index contributed by atoms with van der Waals surface area (Å²) in [4.78, 5) is 17.7. The average molecular weight is 215 g/mol. The number of imidazole rings is 1. The fourth-order valence-corrected chi connectivity index (χ4v) is 1.56. The van der Waals surface area contributed by atoms with Crippen LogP contribution in [-0.2, 0) is 0 Å². The van der Waals surface area contributed by atoms with Crippen LogP contribution in [0.5, 0.6) is 0 Å². The predicted molar refractivity (Wildman–Crippen MR) is 51.3 cm³/mol. The summed E-state index contributed by atoms with van der Waals surface area (Å²) >= 11 is 11.1. The first-order valence-corrected chi connectivity index (χ1v) is 4.26. The molecule has 0 amide bonds. The second kappa shape index (κ2) is 3.01. The number of nitrogens with one attached hydrogen (secondary N) is 1. The minimum Gasteiger partial charge on any atom is -0.345 e. The smallest absolute Gasteiger partial charge is 0.253 e. The van der Waals surface area contributed by atoms with Crippen molar-refractivity contribution < 1.29 is 4.79 Å². The zero-order valence-electron chi connectivity index (χ0n) is 6.34. The van der Waals surface area contributed by atoms with Crippen molar-refractivity contribution in [1.29, 1.82) is 0 Å². The summed E-state index contributed by atoms with van der Waals surface area (Å²) in [5.41, 5.74) is 1.74. The molecule has 0 aliphatic rings. The Hall–Kier alpha value is -1.06. The fourth-order valence-electron chi connectivity index (χ4n) is 1.11. The molecule has 0 radical (unpaired) electrons. The van der Waals surface area contributed by atoms with Crippen LogP contribution >= 0.6 is 23.2 Å². The molecule has 0 atom stereocenters. The summed E-state index contributed by atoms with van der Waals surface area (Å²) in [6.07, 6.45) is 1.53. The summed E-state index contributed by atoms with van der Waals surface area (Å²) in [7, 11) is 0. The molecule has 0 saturated carbocycles. The average Bonchev–Trinajstić information content (AvgIpc) is 2.48. The highest BCUT2D eigenvalue weighted by atomic mass is 35.5. The van der Waals surface area contributed by atoms with Crippen molar-refractivity contribution in [3.8, 4) is 0 Å². The van der Waals surface area contributed by atoms with E-state index >= 15 is 0 Å². The van der Waals surface area contributed by atoms with E-state index in [0.29, 0.717) is 10.5 Å². The molecule has 0 unspecified atom stereocenters. The number of halogens is 2. The number of benzene rings is 1. The normalized spacial score (nSPS) is 10.6. The van der Waals surface area contributed by atoms with E-state index in [9.17, 15) is 4.79 Å². The summed E-state index contributed by atoms with van der Waals surface area (Å²) in [5.74, 6) is 0. The molecule has 5 heteroatoms. The maximum absolute atomic E-state index is 10.9. The topological polar surface area (TPSA) is 45.8 Å². The molecule has 1 aromatic carbocycles. The maximum atomic E-state index is 10.9. The zero-order chi connectivity index (χ0) is 9.42. The van der Waals surface area contributed by atoms with Crippen LogP contribution in [0.15, 0.2) is 18.5 Å². The molecule has 0 bridgehead atoms. The van der Waals surface area contributed by atoms with Crippen molar-refractivity contribution in [3.63, 3.8) is 0 Å². The molecule has 1 heterocycles. The van der Waals surface area contributed by atoms with Gasteiger partial charge in [-0.1, -0.05) is 11.6 Å². The van der Waals surface area contributed by atoms with Crippen molar-refractivity contribution in [2.45, 2.75) is 0 Å². The van der Waals surface area contributed by atoms with Gasteiger partial charge in [0.25, 0.3) is 5.24 Å². The van der Waals surface area contributed by atoms with Crippen molar-refractivity contribution in [2.24, 2.45) is 0 Å². The quantitative estimate of drug-likeness (QED) is 0.743. The molecule has 1 N–H and O–H groups in total. The van der Waals surface area contributed by atoms with E-state index < -0.39 is 5.24 Å². The Morgan fingerprint density at radius 1 is 1.46 bits per heavy atom. The number of nitrogens with zero attached hydrogens (tertiary/aromatic N) is 1. The zero-order valence-corrected chi connectivity index (χ0v) is 7.86. The summed E-state index contributed by atoms with van der Waals surface area (Å²) in [6, 6.07) is 3.18. The Balaban J connectivity index is 2.76. The number of fused-ring (bicyclic) bond motifs is 1. The molecule has 0 spiro atoms.